The highest BCUT2D eigenvalue weighted by molar-refractivity contribution is 9.10. The highest BCUT2D eigenvalue weighted by Crippen LogP contribution is 2.20. The Morgan fingerprint density at radius 3 is 2.38 bits per heavy atom. The summed E-state index contributed by atoms with van der Waals surface area (Å²) in [5.41, 5.74) is 0.386. The maximum Gasteiger partial charge on any atom is 0.313 e. The van der Waals surface area contributed by atoms with E-state index in [0.717, 1.165) is 0 Å². The molecule has 0 saturated heterocycles. The number of amides is 4. The molecule has 1 rings (SSSR count). The largest absolute Gasteiger partial charge is 0.345 e. The van der Waals surface area contributed by atoms with Gasteiger partial charge in [0.25, 0.3) is 0 Å². The Morgan fingerprint density at radius 2 is 1.79 bits per heavy atom. The van der Waals surface area contributed by atoms with Gasteiger partial charge < -0.3 is 20.7 Å². The van der Waals surface area contributed by atoms with E-state index >= 15 is 0 Å². The van der Waals surface area contributed by atoms with Gasteiger partial charge in [0.1, 0.15) is 23.3 Å². The minimum Gasteiger partial charge on any atom is -0.345 e. The smallest absolute Gasteiger partial charge is 0.313 e. The molecule has 3 unspecified atom stereocenters. The Labute approximate surface area is 178 Å². The zero-order valence-electron chi connectivity index (χ0n) is 15.7. The Balaban J connectivity index is 2.52. The van der Waals surface area contributed by atoms with Gasteiger partial charge in [-0.15, -0.1) is 0 Å². The van der Waals surface area contributed by atoms with Gasteiger partial charge in [0.15, 0.2) is 0 Å². The monoisotopic (exact) mass is 488 g/mol. The van der Waals surface area contributed by atoms with Crippen LogP contribution in [0.2, 0.25) is 0 Å². The van der Waals surface area contributed by atoms with E-state index < -0.39 is 46.7 Å². The molecule has 3 atom stereocenters. The van der Waals surface area contributed by atoms with Crippen molar-refractivity contribution >= 4 is 62.5 Å². The second kappa shape index (κ2) is 12.1. The fraction of sp³-hybridized carbons (Fsp3) is 0.353. The van der Waals surface area contributed by atoms with Crippen LogP contribution in [0.4, 0.5) is 5.69 Å². The van der Waals surface area contributed by atoms with Gasteiger partial charge in [0.2, 0.25) is 11.8 Å². The fourth-order valence-electron chi connectivity index (χ4n) is 2.05. The molecule has 158 valence electrons. The predicted octanol–water partition coefficient (Wildman–Crippen LogP) is -0.234. The predicted molar refractivity (Wildman–Crippen MR) is 110 cm³/mol. The Bertz CT molecular complexity index is 819. The summed E-state index contributed by atoms with van der Waals surface area (Å²) in [6.45, 7) is 1.34. The van der Waals surface area contributed by atoms with E-state index in [9.17, 15) is 28.2 Å². The first-order chi connectivity index (χ1) is 13.6. The summed E-state index contributed by atoms with van der Waals surface area (Å²) in [4.78, 5) is 58.6. The lowest BCUT2D eigenvalue weighted by atomic mass is 10.1. The molecule has 4 N–H and O–H groups in total. The molecule has 4 amide bonds. The van der Waals surface area contributed by atoms with E-state index in [-0.39, 0.29) is 12.8 Å². The molecule has 10 nitrogen and oxygen atoms in total. The lowest BCUT2D eigenvalue weighted by molar-refractivity contribution is -0.138. The third-order valence-electron chi connectivity index (χ3n) is 3.50. The molecule has 29 heavy (non-hydrogen) atoms. The van der Waals surface area contributed by atoms with Crippen molar-refractivity contribution in [1.82, 2.24) is 15.4 Å². The molecule has 0 aliphatic carbocycles. The summed E-state index contributed by atoms with van der Waals surface area (Å²) in [6.07, 6.45) is 1.59. The number of hydrogen-bond donors (Lipinski definition) is 4. The normalized spacial score (nSPS) is 13.3. The summed E-state index contributed by atoms with van der Waals surface area (Å²) in [5, 5.41) is 6.99. The average molecular weight is 489 g/mol. The second-order valence-electron chi connectivity index (χ2n) is 5.90. The quantitative estimate of drug-likeness (QED) is 0.278. The zero-order valence-corrected chi connectivity index (χ0v) is 18.1. The summed E-state index contributed by atoms with van der Waals surface area (Å²) in [6, 6.07) is 4.60. The van der Waals surface area contributed by atoms with Gasteiger partial charge >= 0.3 is 11.8 Å². The summed E-state index contributed by atoms with van der Waals surface area (Å²) in [5.74, 6) is -3.23. The van der Waals surface area contributed by atoms with Crippen LogP contribution in [0.15, 0.2) is 28.7 Å². The molecule has 1 aromatic rings. The van der Waals surface area contributed by atoms with Gasteiger partial charge in [-0.1, -0.05) is 12.1 Å². The summed E-state index contributed by atoms with van der Waals surface area (Å²) < 4.78 is 13.6. The van der Waals surface area contributed by atoms with Crippen molar-refractivity contribution in [2.75, 3.05) is 11.6 Å². The molecule has 1 aromatic carbocycles. The maximum absolute atomic E-state index is 12.1. The van der Waals surface area contributed by atoms with Crippen LogP contribution in [0.25, 0.3) is 0 Å². The number of para-hydroxylation sites is 1. The molecular formula is C17H21BrN4O6S. The number of hydrogen-bond acceptors (Lipinski definition) is 6. The van der Waals surface area contributed by atoms with E-state index in [1.807, 2.05) is 0 Å². The van der Waals surface area contributed by atoms with Crippen LogP contribution in [0, 0.1) is 0 Å². The molecule has 12 heteroatoms. The van der Waals surface area contributed by atoms with Crippen LogP contribution < -0.4 is 20.7 Å². The number of anilines is 1. The highest BCUT2D eigenvalue weighted by atomic mass is 79.9. The molecular weight excluding hydrogens is 468 g/mol. The fourth-order valence-corrected chi connectivity index (χ4v) is 2.86. The lowest BCUT2D eigenvalue weighted by Gasteiger charge is -2.17. The topological polar surface area (TPSA) is 151 Å². The standard InChI is InChI=1S/C17H21BrN4O6S/c1-10(15(25)20-11(9-23)7-8-14(24)22-29(2)28)19-16(26)17(27)21-13-6-4-3-5-12(13)18/h3-6,9-11H,7-8H2,1-2H3,(H,19,26)(H,20,25)(H,21,27)(H,22,24). The van der Waals surface area contributed by atoms with Crippen molar-refractivity contribution in [2.45, 2.75) is 31.8 Å². The third-order valence-corrected chi connectivity index (χ3v) is 4.71. The third kappa shape index (κ3) is 8.96. The molecule has 0 heterocycles. The molecule has 0 saturated carbocycles. The van der Waals surface area contributed by atoms with Crippen LogP contribution >= 0.6 is 15.9 Å². The van der Waals surface area contributed by atoms with Crippen molar-refractivity contribution in [3.8, 4) is 0 Å². The molecule has 0 aromatic heterocycles. The van der Waals surface area contributed by atoms with Gasteiger partial charge in [0.05, 0.1) is 11.7 Å². The first-order valence-corrected chi connectivity index (χ1v) is 10.7. The van der Waals surface area contributed by atoms with Gasteiger partial charge in [-0.2, -0.15) is 0 Å². The Kier molecular flexibility index (Phi) is 10.2. The first-order valence-electron chi connectivity index (χ1n) is 8.39. The van der Waals surface area contributed by atoms with E-state index in [1.165, 1.54) is 13.2 Å². The zero-order chi connectivity index (χ0) is 22.0. The first kappa shape index (κ1) is 24.4. The number of carbonyl (C=O) groups is 5. The van der Waals surface area contributed by atoms with E-state index in [1.54, 1.807) is 24.3 Å². The molecule has 0 bridgehead atoms. The number of benzene rings is 1. The second-order valence-corrected chi connectivity index (χ2v) is 7.87. The minimum atomic E-state index is -1.52. The Hall–Kier alpha value is -2.60. The Morgan fingerprint density at radius 1 is 1.14 bits per heavy atom. The van der Waals surface area contributed by atoms with Gasteiger partial charge in [-0.3, -0.25) is 23.9 Å². The van der Waals surface area contributed by atoms with Crippen LogP contribution in [0.1, 0.15) is 19.8 Å². The van der Waals surface area contributed by atoms with Crippen LogP contribution in [0.5, 0.6) is 0 Å². The van der Waals surface area contributed by atoms with E-state index in [4.69, 9.17) is 0 Å². The highest BCUT2D eigenvalue weighted by Gasteiger charge is 2.23. The summed E-state index contributed by atoms with van der Waals surface area (Å²) >= 11 is 3.23. The number of nitrogens with one attached hydrogen (secondary N) is 4. The van der Waals surface area contributed by atoms with E-state index in [0.29, 0.717) is 16.4 Å². The van der Waals surface area contributed by atoms with Crippen LogP contribution in [-0.4, -0.2) is 52.5 Å². The molecule has 0 radical (unpaired) electrons. The molecule has 0 fully saturated rings. The number of halogens is 1. The lowest BCUT2D eigenvalue weighted by Crippen LogP contribution is -2.51. The number of aldehydes is 1. The van der Waals surface area contributed by atoms with E-state index in [2.05, 4.69) is 36.6 Å². The summed E-state index contributed by atoms with van der Waals surface area (Å²) in [7, 11) is -1.52. The van der Waals surface area contributed by atoms with Crippen molar-refractivity contribution in [1.29, 1.82) is 0 Å². The van der Waals surface area contributed by atoms with Crippen molar-refractivity contribution in [3.05, 3.63) is 28.7 Å². The van der Waals surface area contributed by atoms with Crippen LogP contribution in [0.3, 0.4) is 0 Å². The van der Waals surface area contributed by atoms with Crippen molar-refractivity contribution < 1.29 is 28.2 Å². The number of rotatable bonds is 9. The minimum absolute atomic E-state index is 0.0124. The average Bonchev–Trinajstić information content (AvgIpc) is 2.65. The van der Waals surface area contributed by atoms with Crippen molar-refractivity contribution in [3.63, 3.8) is 0 Å². The van der Waals surface area contributed by atoms with Gasteiger partial charge in [0, 0.05) is 17.1 Å². The van der Waals surface area contributed by atoms with Crippen LogP contribution in [-0.2, 0) is 35.0 Å². The molecule has 0 spiro atoms. The van der Waals surface area contributed by atoms with Crippen molar-refractivity contribution in [2.24, 2.45) is 0 Å². The molecule has 0 aliphatic heterocycles. The number of carbonyl (C=O) groups excluding carboxylic acids is 5. The van der Waals surface area contributed by atoms with Gasteiger partial charge in [-0.25, -0.2) is 4.21 Å². The maximum atomic E-state index is 12.1. The van der Waals surface area contributed by atoms with Gasteiger partial charge in [-0.05, 0) is 41.4 Å². The molecule has 0 aliphatic rings. The SMILES string of the molecule is CC(NC(=O)C(=O)Nc1ccccc1Br)C(=O)NC(C=O)CCC(=O)NS(C)=O.